The molecule has 30 heavy (non-hydrogen) atoms. The fourth-order valence-electron chi connectivity index (χ4n) is 3.30. The number of hydrogen-bond acceptors (Lipinski definition) is 5. The summed E-state index contributed by atoms with van der Waals surface area (Å²) in [6.07, 6.45) is 7.11. The summed E-state index contributed by atoms with van der Waals surface area (Å²) in [4.78, 5) is 17.3. The van der Waals surface area contributed by atoms with Crippen LogP contribution in [-0.2, 0) is 4.74 Å². The Morgan fingerprint density at radius 2 is 1.87 bits per heavy atom. The Morgan fingerprint density at radius 1 is 1.10 bits per heavy atom. The minimum atomic E-state index is -0.371. The number of ether oxygens (including phenoxy) is 2. The summed E-state index contributed by atoms with van der Waals surface area (Å²) in [6, 6.07) is 19.6. The first-order valence-electron chi connectivity index (χ1n) is 9.53. The normalized spacial score (nSPS) is 11.1. The van der Waals surface area contributed by atoms with Crippen molar-refractivity contribution in [2.24, 2.45) is 4.99 Å². The zero-order valence-corrected chi connectivity index (χ0v) is 17.2. The molecule has 148 valence electrons. The number of hydrogen-bond donors (Lipinski definition) is 0. The quantitative estimate of drug-likeness (QED) is 0.221. The molecule has 5 heteroatoms. The maximum absolute atomic E-state index is 12.6. The first-order chi connectivity index (χ1) is 14.7. The van der Waals surface area contributed by atoms with Gasteiger partial charge in [0.25, 0.3) is 0 Å². The van der Waals surface area contributed by atoms with Crippen molar-refractivity contribution < 1.29 is 14.3 Å². The summed E-state index contributed by atoms with van der Waals surface area (Å²) in [6.45, 7) is 2.26. The molecule has 0 atom stereocenters. The van der Waals surface area contributed by atoms with Crippen LogP contribution in [0.2, 0.25) is 0 Å². The second-order valence-corrected chi connectivity index (χ2v) is 7.48. The van der Waals surface area contributed by atoms with Crippen LogP contribution in [0.25, 0.3) is 20.9 Å². The fourth-order valence-corrected chi connectivity index (χ4v) is 4.34. The first-order valence-corrected chi connectivity index (χ1v) is 10.3. The molecule has 0 saturated carbocycles. The van der Waals surface area contributed by atoms with Crippen molar-refractivity contribution in [3.8, 4) is 18.1 Å². The topological polar surface area (TPSA) is 47.9 Å². The van der Waals surface area contributed by atoms with E-state index in [0.717, 1.165) is 26.4 Å². The zero-order valence-electron chi connectivity index (χ0n) is 16.4. The molecule has 0 radical (unpaired) electrons. The molecule has 1 heterocycles. The number of terminal acetylenes is 1. The highest BCUT2D eigenvalue weighted by atomic mass is 32.1. The van der Waals surface area contributed by atoms with Crippen LogP contribution in [0.4, 0.5) is 5.00 Å². The number of aliphatic imine (C=N–C) groups is 1. The van der Waals surface area contributed by atoms with Gasteiger partial charge in [0, 0.05) is 21.9 Å². The number of rotatable bonds is 6. The van der Waals surface area contributed by atoms with E-state index in [0.29, 0.717) is 22.9 Å². The monoisotopic (exact) mass is 413 g/mol. The lowest BCUT2D eigenvalue weighted by Crippen LogP contribution is -2.04. The van der Waals surface area contributed by atoms with Gasteiger partial charge in [-0.05, 0) is 29.8 Å². The lowest BCUT2D eigenvalue weighted by molar-refractivity contribution is 0.0530. The number of carbonyl (C=O) groups excluding carboxylic acids is 1. The van der Waals surface area contributed by atoms with Gasteiger partial charge in [-0.15, -0.1) is 17.8 Å². The Labute approximate surface area is 178 Å². The maximum Gasteiger partial charge on any atom is 0.341 e. The van der Waals surface area contributed by atoms with Crippen LogP contribution in [0.15, 0.2) is 65.7 Å². The van der Waals surface area contributed by atoms with Crippen LogP contribution < -0.4 is 4.74 Å². The lowest BCUT2D eigenvalue weighted by Gasteiger charge is -2.10. The van der Waals surface area contributed by atoms with E-state index in [1.165, 1.54) is 11.3 Å². The molecule has 0 saturated heterocycles. The Kier molecular flexibility index (Phi) is 5.78. The Bertz CT molecular complexity index is 1300. The van der Waals surface area contributed by atoms with E-state index >= 15 is 0 Å². The number of nitrogens with zero attached hydrogens (tertiary/aromatic N) is 1. The molecule has 4 rings (SSSR count). The molecule has 0 amide bonds. The summed E-state index contributed by atoms with van der Waals surface area (Å²) in [5.74, 6) is 2.77. The third kappa shape index (κ3) is 3.78. The second-order valence-electron chi connectivity index (χ2n) is 6.45. The molecule has 0 bridgehead atoms. The van der Waals surface area contributed by atoms with Crippen LogP contribution in [0, 0.1) is 12.3 Å². The van der Waals surface area contributed by atoms with Crippen molar-refractivity contribution in [2.45, 2.75) is 6.92 Å². The predicted molar refractivity (Wildman–Crippen MR) is 123 cm³/mol. The molecule has 0 fully saturated rings. The van der Waals surface area contributed by atoms with E-state index < -0.39 is 0 Å². The number of thiophene rings is 1. The van der Waals surface area contributed by atoms with Crippen molar-refractivity contribution in [3.05, 3.63) is 71.8 Å². The van der Waals surface area contributed by atoms with E-state index in [9.17, 15) is 4.79 Å². The standard InChI is InChI=1S/C25H19NO3S/c1-3-15-29-21-14-13-17-9-5-6-10-18(17)20(21)16-26-24-23(25(27)28-4-2)19-11-7-8-12-22(19)30-24/h1,5-14,16H,4,15H2,2H3. The number of esters is 1. The van der Waals surface area contributed by atoms with Crippen LogP contribution in [0.1, 0.15) is 22.8 Å². The Morgan fingerprint density at radius 3 is 2.67 bits per heavy atom. The molecule has 4 nitrogen and oxygen atoms in total. The number of benzene rings is 3. The summed E-state index contributed by atoms with van der Waals surface area (Å²) < 4.78 is 12.0. The van der Waals surface area contributed by atoms with Gasteiger partial charge in [-0.3, -0.25) is 0 Å². The highest BCUT2D eigenvalue weighted by Crippen LogP contribution is 2.38. The smallest absolute Gasteiger partial charge is 0.341 e. The summed E-state index contributed by atoms with van der Waals surface area (Å²) in [7, 11) is 0. The van der Waals surface area contributed by atoms with E-state index in [-0.39, 0.29) is 12.6 Å². The van der Waals surface area contributed by atoms with Crippen molar-refractivity contribution in [1.29, 1.82) is 0 Å². The largest absolute Gasteiger partial charge is 0.480 e. The van der Waals surface area contributed by atoms with E-state index in [2.05, 4.69) is 5.92 Å². The summed E-state index contributed by atoms with van der Waals surface area (Å²) in [5, 5.41) is 3.50. The molecule has 4 aromatic rings. The highest BCUT2D eigenvalue weighted by Gasteiger charge is 2.19. The van der Waals surface area contributed by atoms with Crippen molar-refractivity contribution >= 4 is 49.4 Å². The average molecular weight is 413 g/mol. The third-order valence-corrected chi connectivity index (χ3v) is 5.69. The molecular weight excluding hydrogens is 394 g/mol. The summed E-state index contributed by atoms with van der Waals surface area (Å²) >= 11 is 1.45. The molecule has 0 unspecified atom stereocenters. The van der Waals surface area contributed by atoms with Gasteiger partial charge in [0.15, 0.2) is 0 Å². The van der Waals surface area contributed by atoms with Crippen LogP contribution in [-0.4, -0.2) is 25.4 Å². The van der Waals surface area contributed by atoms with Gasteiger partial charge in [-0.1, -0.05) is 54.5 Å². The molecule has 0 spiro atoms. The fraction of sp³-hybridized carbons (Fsp3) is 0.120. The second kappa shape index (κ2) is 8.81. The highest BCUT2D eigenvalue weighted by molar-refractivity contribution is 7.23. The average Bonchev–Trinajstić information content (AvgIpc) is 3.15. The maximum atomic E-state index is 12.6. The Balaban J connectivity index is 1.85. The Hall–Kier alpha value is -3.62. The SMILES string of the molecule is C#CCOc1ccc2ccccc2c1C=Nc1sc2ccccc2c1C(=O)OCC. The van der Waals surface area contributed by atoms with Gasteiger partial charge in [0.2, 0.25) is 0 Å². The van der Waals surface area contributed by atoms with E-state index in [4.69, 9.17) is 20.9 Å². The van der Waals surface area contributed by atoms with Gasteiger partial charge in [0.1, 0.15) is 22.9 Å². The number of carbonyl (C=O) groups is 1. The summed E-state index contributed by atoms with van der Waals surface area (Å²) in [5.41, 5.74) is 1.30. The molecule has 1 aromatic heterocycles. The molecule has 0 aliphatic rings. The minimum Gasteiger partial charge on any atom is -0.480 e. The predicted octanol–water partition coefficient (Wildman–Crippen LogP) is 5.99. The minimum absolute atomic E-state index is 0.163. The van der Waals surface area contributed by atoms with Gasteiger partial charge >= 0.3 is 5.97 Å². The van der Waals surface area contributed by atoms with E-state index in [1.54, 1.807) is 13.1 Å². The van der Waals surface area contributed by atoms with Crippen LogP contribution >= 0.6 is 11.3 Å². The zero-order chi connectivity index (χ0) is 20.9. The molecule has 0 aliphatic heterocycles. The molecule has 0 N–H and O–H groups in total. The van der Waals surface area contributed by atoms with Crippen molar-refractivity contribution in [3.63, 3.8) is 0 Å². The van der Waals surface area contributed by atoms with Gasteiger partial charge in [-0.25, -0.2) is 9.79 Å². The molecular formula is C25H19NO3S. The van der Waals surface area contributed by atoms with Gasteiger partial charge in [0.05, 0.1) is 6.61 Å². The van der Waals surface area contributed by atoms with Crippen LogP contribution in [0.3, 0.4) is 0 Å². The van der Waals surface area contributed by atoms with Gasteiger partial charge < -0.3 is 9.47 Å². The number of fused-ring (bicyclic) bond motifs is 2. The van der Waals surface area contributed by atoms with Gasteiger partial charge in [-0.2, -0.15) is 0 Å². The lowest BCUT2D eigenvalue weighted by atomic mass is 10.0. The van der Waals surface area contributed by atoms with Crippen molar-refractivity contribution in [1.82, 2.24) is 0 Å². The molecule has 0 aliphatic carbocycles. The van der Waals surface area contributed by atoms with E-state index in [1.807, 2.05) is 60.7 Å². The van der Waals surface area contributed by atoms with Crippen LogP contribution in [0.5, 0.6) is 5.75 Å². The van der Waals surface area contributed by atoms with Crippen molar-refractivity contribution in [2.75, 3.05) is 13.2 Å². The molecule has 3 aromatic carbocycles. The third-order valence-electron chi connectivity index (χ3n) is 4.61. The first kappa shape index (κ1) is 19.7.